The van der Waals surface area contributed by atoms with Crippen molar-refractivity contribution in [3.8, 4) is 101 Å². The Morgan fingerprint density at radius 1 is 0.270 bits per heavy atom. The molecule has 0 radical (unpaired) electrons. The van der Waals surface area contributed by atoms with Gasteiger partial charge in [0.05, 0.1) is 11.4 Å². The zero-order chi connectivity index (χ0) is 42.3. The lowest BCUT2D eigenvalue weighted by Crippen LogP contribution is -2.50. The fourth-order valence-corrected chi connectivity index (χ4v) is 12.6. The van der Waals surface area contributed by atoms with Crippen molar-refractivity contribution in [2.75, 3.05) is 0 Å². The highest BCUT2D eigenvalue weighted by Gasteiger charge is 2.41. The number of fused-ring (bicyclic) bond motifs is 3. The van der Waals surface area contributed by atoms with Crippen LogP contribution in [0.15, 0.2) is 231 Å². The van der Waals surface area contributed by atoms with Gasteiger partial charge in [-0.3, -0.25) is 0 Å². The van der Waals surface area contributed by atoms with Crippen LogP contribution < -0.4 is 10.4 Å². The van der Waals surface area contributed by atoms with E-state index in [1.807, 2.05) is 0 Å². The van der Waals surface area contributed by atoms with E-state index in [-0.39, 0.29) is 0 Å². The summed E-state index contributed by atoms with van der Waals surface area (Å²) in [4.78, 5) is 11.1. The van der Waals surface area contributed by atoms with Gasteiger partial charge in [0.1, 0.15) is 8.07 Å². The van der Waals surface area contributed by atoms with Crippen LogP contribution in [0.2, 0.25) is 13.1 Å². The number of benzene rings is 9. The molecule has 0 N–H and O–H groups in total. The zero-order valence-corrected chi connectivity index (χ0v) is 36.3. The zero-order valence-electron chi connectivity index (χ0n) is 35.3. The average molecular weight is 821 g/mol. The number of rotatable bonds is 8. The van der Waals surface area contributed by atoms with Crippen LogP contribution in [-0.4, -0.2) is 18.0 Å². The highest BCUT2D eigenvalue weighted by Crippen LogP contribution is 2.39. The maximum atomic E-state index is 5.62. The molecular weight excluding hydrogens is 777 g/mol. The molecule has 3 heteroatoms. The van der Waals surface area contributed by atoms with E-state index in [1.54, 1.807) is 0 Å². The first-order chi connectivity index (χ1) is 31.0. The topological polar surface area (TPSA) is 25.8 Å². The van der Waals surface area contributed by atoms with Crippen LogP contribution in [0, 0.1) is 0 Å². The highest BCUT2D eigenvalue weighted by molar-refractivity contribution is 7.04. The van der Waals surface area contributed by atoms with E-state index in [4.69, 9.17) is 9.97 Å². The van der Waals surface area contributed by atoms with Gasteiger partial charge in [0.15, 0.2) is 5.82 Å². The first-order valence-corrected chi connectivity index (χ1v) is 24.7. The van der Waals surface area contributed by atoms with Gasteiger partial charge >= 0.3 is 0 Å². The maximum absolute atomic E-state index is 5.62. The minimum atomic E-state index is -2.20. The van der Waals surface area contributed by atoms with Crippen LogP contribution in [0.4, 0.5) is 0 Å². The second-order valence-corrected chi connectivity index (χ2v) is 21.3. The van der Waals surface area contributed by atoms with Gasteiger partial charge in [0.25, 0.3) is 0 Å². The largest absolute Gasteiger partial charge is 0.228 e. The van der Waals surface area contributed by atoms with Crippen LogP contribution in [0.5, 0.6) is 0 Å². The van der Waals surface area contributed by atoms with Gasteiger partial charge in [-0.1, -0.05) is 195 Å². The molecule has 9 aromatic carbocycles. The third-order valence-corrected chi connectivity index (χ3v) is 16.1. The number of nitrogens with zero attached hydrogens (tertiary/aromatic N) is 2. The molecule has 1 aliphatic rings. The summed E-state index contributed by atoms with van der Waals surface area (Å²) in [5, 5.41) is 2.71. The molecule has 2 nitrogen and oxygen atoms in total. The molecule has 0 aliphatic carbocycles. The third-order valence-electron chi connectivity index (χ3n) is 12.6. The van der Waals surface area contributed by atoms with Crippen LogP contribution in [0.1, 0.15) is 0 Å². The molecule has 0 fully saturated rings. The second kappa shape index (κ2) is 16.0. The lowest BCUT2D eigenvalue weighted by Gasteiger charge is -2.22. The van der Waals surface area contributed by atoms with Gasteiger partial charge in [-0.2, -0.15) is 0 Å². The van der Waals surface area contributed by atoms with Gasteiger partial charge < -0.3 is 0 Å². The van der Waals surface area contributed by atoms with Crippen molar-refractivity contribution in [3.05, 3.63) is 231 Å². The van der Waals surface area contributed by atoms with E-state index in [9.17, 15) is 0 Å². The quantitative estimate of drug-likeness (QED) is 0.143. The van der Waals surface area contributed by atoms with Crippen LogP contribution in [0.3, 0.4) is 0 Å². The average Bonchev–Trinajstić information content (AvgIpc) is 3.60. The number of hydrogen-bond donors (Lipinski definition) is 0. The smallest absolute Gasteiger partial charge is 0.160 e. The summed E-state index contributed by atoms with van der Waals surface area (Å²) < 4.78 is 0. The van der Waals surface area contributed by atoms with Crippen molar-refractivity contribution in [3.63, 3.8) is 0 Å². The molecule has 0 amide bonds. The Morgan fingerprint density at radius 3 is 1.05 bits per heavy atom. The van der Waals surface area contributed by atoms with Crippen molar-refractivity contribution < 1.29 is 0 Å². The Kier molecular flexibility index (Phi) is 9.68. The highest BCUT2D eigenvalue weighted by atomic mass is 28.3. The number of hydrogen-bond acceptors (Lipinski definition) is 2. The molecule has 10 aromatic rings. The summed E-state index contributed by atoms with van der Waals surface area (Å²) in [5.74, 6) is 0.734. The molecule has 2 heterocycles. The van der Waals surface area contributed by atoms with Crippen LogP contribution in [-0.2, 0) is 0 Å². The molecule has 0 saturated carbocycles. The van der Waals surface area contributed by atoms with Gasteiger partial charge in [0.2, 0.25) is 0 Å². The van der Waals surface area contributed by atoms with E-state index in [0.717, 1.165) is 45.0 Å². The van der Waals surface area contributed by atoms with E-state index in [0.29, 0.717) is 0 Å². The molecule has 298 valence electrons. The summed E-state index contributed by atoms with van der Waals surface area (Å²) in [5.41, 5.74) is 19.5. The predicted octanol–water partition coefficient (Wildman–Crippen LogP) is 14.6. The minimum Gasteiger partial charge on any atom is -0.228 e. The van der Waals surface area contributed by atoms with Gasteiger partial charge in [-0.05, 0) is 131 Å². The van der Waals surface area contributed by atoms with Crippen molar-refractivity contribution in [1.29, 1.82) is 0 Å². The van der Waals surface area contributed by atoms with Gasteiger partial charge in [-0.25, -0.2) is 9.97 Å². The van der Waals surface area contributed by atoms with Crippen LogP contribution >= 0.6 is 0 Å². The fraction of sp³-hybridized carbons (Fsp3) is 0.0333. The molecule has 63 heavy (non-hydrogen) atoms. The van der Waals surface area contributed by atoms with Gasteiger partial charge in [-0.15, -0.1) is 0 Å². The van der Waals surface area contributed by atoms with Crippen molar-refractivity contribution in [2.45, 2.75) is 13.1 Å². The minimum absolute atomic E-state index is 0.734. The van der Waals surface area contributed by atoms with Crippen molar-refractivity contribution >= 4 is 18.4 Å². The SMILES string of the molecule is C[Si]1(C)c2ccccc2-c2nc(-c3cccc(-c4cc(-c5ccccc5)cc(-c5ccccc5)c4)c3)nc(-c3cccc(-c4cc(-c5ccccc5)cc(-c5ccccc5)c4)c3)c21. The molecule has 0 bridgehead atoms. The lowest BCUT2D eigenvalue weighted by atomic mass is 9.92. The molecule has 0 atom stereocenters. The summed E-state index contributed by atoms with van der Waals surface area (Å²) in [6.07, 6.45) is 0. The monoisotopic (exact) mass is 820 g/mol. The molecule has 0 unspecified atom stereocenters. The summed E-state index contributed by atoms with van der Waals surface area (Å²) in [6, 6.07) is 83.2. The fourth-order valence-electron chi connectivity index (χ4n) is 9.42. The molecule has 1 aromatic heterocycles. The third kappa shape index (κ3) is 7.23. The first-order valence-electron chi connectivity index (χ1n) is 21.7. The van der Waals surface area contributed by atoms with Crippen molar-refractivity contribution in [2.24, 2.45) is 0 Å². The second-order valence-electron chi connectivity index (χ2n) is 17.0. The Morgan fingerprint density at radius 2 is 0.587 bits per heavy atom. The Bertz CT molecular complexity index is 3170. The summed E-state index contributed by atoms with van der Waals surface area (Å²) in [7, 11) is -2.20. The van der Waals surface area contributed by atoms with Gasteiger partial charge in [0, 0.05) is 11.1 Å². The normalized spacial score (nSPS) is 12.4. The van der Waals surface area contributed by atoms with Crippen molar-refractivity contribution in [1.82, 2.24) is 9.97 Å². The lowest BCUT2D eigenvalue weighted by molar-refractivity contribution is 1.20. The molecular formula is C60H44N2Si. The first kappa shape index (κ1) is 38.2. The van der Waals surface area contributed by atoms with E-state index in [2.05, 4.69) is 244 Å². The molecule has 11 rings (SSSR count). The van der Waals surface area contributed by atoms with E-state index < -0.39 is 8.07 Å². The van der Waals surface area contributed by atoms with E-state index >= 15 is 0 Å². The maximum Gasteiger partial charge on any atom is 0.160 e. The molecule has 0 spiro atoms. The Hall–Kier alpha value is -7.72. The Balaban J connectivity index is 1.07. The molecule has 1 aliphatic heterocycles. The number of aromatic nitrogens is 2. The molecule has 0 saturated heterocycles. The summed E-state index contributed by atoms with van der Waals surface area (Å²) >= 11 is 0. The van der Waals surface area contributed by atoms with Crippen LogP contribution in [0.25, 0.3) is 101 Å². The predicted molar refractivity (Wildman–Crippen MR) is 268 cm³/mol. The van der Waals surface area contributed by atoms with E-state index in [1.165, 1.54) is 66.0 Å². The Labute approximate surface area is 370 Å². The standard InChI is InChI=1S/C60H44N2Si/c1-63(2)56-32-16-15-31-55(56)58-59(63)57(47-29-17-27-45(33-47)53-37-49(41-19-7-3-8-20-41)35-50(38-53)42-21-9-4-10-22-42)61-60(62-58)48-30-18-28-46(34-48)54-39-51(43-23-11-5-12-24-43)36-52(40-54)44-25-13-6-14-26-44/h3-40H,1-2H3. The summed E-state index contributed by atoms with van der Waals surface area (Å²) in [6.45, 7) is 4.91.